The van der Waals surface area contributed by atoms with E-state index in [1.165, 1.54) is 12.1 Å². The topological polar surface area (TPSA) is 0 Å². The Morgan fingerprint density at radius 2 is 1.36 bits per heavy atom. The smallest absolute Gasteiger partial charge is 0.166 e. The van der Waals surface area contributed by atoms with E-state index >= 15 is 0 Å². The third kappa shape index (κ3) is 3.03. The van der Waals surface area contributed by atoms with Crippen molar-refractivity contribution in [3.63, 3.8) is 0 Å². The molecule has 3 aromatic rings. The first-order valence-electron chi connectivity index (χ1n) is 6.87. The van der Waals surface area contributed by atoms with Gasteiger partial charge in [-0.15, -0.1) is 0 Å². The number of alkyl halides is 3. The Bertz CT molecular complexity index is 807. The monoisotopic (exact) mass is 298 g/mol. The van der Waals surface area contributed by atoms with Gasteiger partial charge in [0.1, 0.15) is 0 Å². The molecule has 3 rings (SSSR count). The Labute approximate surface area is 126 Å². The SMILES string of the molecule is FC(F)(F)c1ccc(C=Cc2cccc3ccccc23)cc1. The third-order valence-electron chi connectivity index (χ3n) is 3.52. The number of rotatable bonds is 2. The van der Waals surface area contributed by atoms with Crippen molar-refractivity contribution in [2.24, 2.45) is 0 Å². The Morgan fingerprint density at radius 1 is 0.682 bits per heavy atom. The zero-order valence-corrected chi connectivity index (χ0v) is 11.6. The van der Waals surface area contributed by atoms with Crippen LogP contribution in [0.15, 0.2) is 66.7 Å². The molecule has 0 aliphatic carbocycles. The molecule has 0 aliphatic rings. The zero-order valence-electron chi connectivity index (χ0n) is 11.6. The molecule has 0 bridgehead atoms. The second-order valence-electron chi connectivity index (χ2n) is 5.02. The highest BCUT2D eigenvalue weighted by molar-refractivity contribution is 5.92. The minimum Gasteiger partial charge on any atom is -0.166 e. The lowest BCUT2D eigenvalue weighted by atomic mass is 10.0. The van der Waals surface area contributed by atoms with Crippen molar-refractivity contribution in [3.8, 4) is 0 Å². The maximum absolute atomic E-state index is 12.5. The average Bonchev–Trinajstić information content (AvgIpc) is 2.52. The van der Waals surface area contributed by atoms with Crippen molar-refractivity contribution >= 4 is 22.9 Å². The van der Waals surface area contributed by atoms with Crippen molar-refractivity contribution in [1.82, 2.24) is 0 Å². The van der Waals surface area contributed by atoms with E-state index in [0.717, 1.165) is 34.0 Å². The molecule has 0 atom stereocenters. The maximum atomic E-state index is 12.5. The van der Waals surface area contributed by atoms with Gasteiger partial charge in [0, 0.05) is 0 Å². The summed E-state index contributed by atoms with van der Waals surface area (Å²) in [6.45, 7) is 0. The van der Waals surface area contributed by atoms with Gasteiger partial charge >= 0.3 is 6.18 Å². The number of benzene rings is 3. The summed E-state index contributed by atoms with van der Waals surface area (Å²) in [7, 11) is 0. The van der Waals surface area contributed by atoms with Crippen molar-refractivity contribution in [3.05, 3.63) is 83.4 Å². The molecule has 3 heteroatoms. The van der Waals surface area contributed by atoms with Crippen LogP contribution < -0.4 is 0 Å². The van der Waals surface area contributed by atoms with Crippen molar-refractivity contribution < 1.29 is 13.2 Å². The first-order valence-corrected chi connectivity index (χ1v) is 6.87. The molecule has 0 amide bonds. The van der Waals surface area contributed by atoms with E-state index in [9.17, 15) is 13.2 Å². The normalized spacial score (nSPS) is 12.1. The van der Waals surface area contributed by atoms with Crippen LogP contribution in [0.3, 0.4) is 0 Å². The standard InChI is InChI=1S/C19H13F3/c20-19(21,22)17-12-9-14(10-13-17)8-11-16-6-3-5-15-4-1-2-7-18(15)16/h1-13H. The average molecular weight is 298 g/mol. The lowest BCUT2D eigenvalue weighted by Gasteiger charge is -2.06. The van der Waals surface area contributed by atoms with Gasteiger partial charge in [0.25, 0.3) is 0 Å². The van der Waals surface area contributed by atoms with Gasteiger partial charge in [-0.2, -0.15) is 13.2 Å². The summed E-state index contributed by atoms with van der Waals surface area (Å²) >= 11 is 0. The molecular formula is C19H13F3. The van der Waals surface area contributed by atoms with E-state index < -0.39 is 11.7 Å². The first-order chi connectivity index (χ1) is 10.5. The van der Waals surface area contributed by atoms with Crippen LogP contribution >= 0.6 is 0 Å². The maximum Gasteiger partial charge on any atom is 0.416 e. The molecule has 0 unspecified atom stereocenters. The summed E-state index contributed by atoms with van der Waals surface area (Å²) < 4.78 is 37.6. The van der Waals surface area contributed by atoms with Crippen molar-refractivity contribution in [2.45, 2.75) is 6.18 Å². The summed E-state index contributed by atoms with van der Waals surface area (Å²) in [5.74, 6) is 0. The second kappa shape index (κ2) is 5.68. The summed E-state index contributed by atoms with van der Waals surface area (Å²) in [5, 5.41) is 2.25. The summed E-state index contributed by atoms with van der Waals surface area (Å²) in [6, 6.07) is 19.2. The summed E-state index contributed by atoms with van der Waals surface area (Å²) in [6.07, 6.45) is -0.551. The van der Waals surface area contributed by atoms with Crippen LogP contribution in [0.1, 0.15) is 16.7 Å². The van der Waals surface area contributed by atoms with E-state index in [-0.39, 0.29) is 0 Å². The van der Waals surface area contributed by atoms with Crippen LogP contribution in [0.2, 0.25) is 0 Å². The summed E-state index contributed by atoms with van der Waals surface area (Å²) in [5.41, 5.74) is 1.15. The van der Waals surface area contributed by atoms with Crippen LogP contribution in [0.4, 0.5) is 13.2 Å². The number of fused-ring (bicyclic) bond motifs is 1. The van der Waals surface area contributed by atoms with Crippen LogP contribution in [0.25, 0.3) is 22.9 Å². The Hall–Kier alpha value is -2.55. The molecule has 0 saturated carbocycles. The van der Waals surface area contributed by atoms with Crippen LogP contribution in [0.5, 0.6) is 0 Å². The molecule has 22 heavy (non-hydrogen) atoms. The minimum atomic E-state index is -4.29. The van der Waals surface area contributed by atoms with E-state index in [1.54, 1.807) is 0 Å². The Morgan fingerprint density at radius 3 is 2.09 bits per heavy atom. The molecule has 110 valence electrons. The lowest BCUT2D eigenvalue weighted by Crippen LogP contribution is -2.03. The quantitative estimate of drug-likeness (QED) is 0.507. The molecule has 0 spiro atoms. The van der Waals surface area contributed by atoms with Gasteiger partial charge in [0.05, 0.1) is 5.56 Å². The van der Waals surface area contributed by atoms with Gasteiger partial charge < -0.3 is 0 Å². The zero-order chi connectivity index (χ0) is 15.6. The van der Waals surface area contributed by atoms with Gasteiger partial charge in [-0.1, -0.05) is 66.7 Å². The van der Waals surface area contributed by atoms with Crippen LogP contribution in [-0.4, -0.2) is 0 Å². The molecule has 0 aromatic heterocycles. The third-order valence-corrected chi connectivity index (χ3v) is 3.52. The first kappa shape index (κ1) is 14.4. The number of hydrogen-bond acceptors (Lipinski definition) is 0. The molecule has 0 saturated heterocycles. The van der Waals surface area contributed by atoms with Crippen molar-refractivity contribution in [2.75, 3.05) is 0 Å². The number of halogens is 3. The van der Waals surface area contributed by atoms with E-state index in [2.05, 4.69) is 0 Å². The molecule has 0 nitrogen and oxygen atoms in total. The van der Waals surface area contributed by atoms with Crippen LogP contribution in [0, 0.1) is 0 Å². The van der Waals surface area contributed by atoms with Gasteiger partial charge in [0.2, 0.25) is 0 Å². The van der Waals surface area contributed by atoms with Gasteiger partial charge in [-0.05, 0) is 34.0 Å². The van der Waals surface area contributed by atoms with E-state index in [0.29, 0.717) is 0 Å². The minimum absolute atomic E-state index is 0.630. The molecule has 3 aromatic carbocycles. The highest BCUT2D eigenvalue weighted by Gasteiger charge is 2.29. The highest BCUT2D eigenvalue weighted by Crippen LogP contribution is 2.29. The van der Waals surface area contributed by atoms with E-state index in [1.807, 2.05) is 54.6 Å². The molecule has 0 N–H and O–H groups in total. The predicted octanol–water partition coefficient (Wildman–Crippen LogP) is 6.03. The van der Waals surface area contributed by atoms with Gasteiger partial charge in [0.15, 0.2) is 0 Å². The molecule has 0 heterocycles. The Kier molecular flexibility index (Phi) is 3.72. The van der Waals surface area contributed by atoms with Crippen molar-refractivity contribution in [1.29, 1.82) is 0 Å². The molecule has 0 radical (unpaired) electrons. The van der Waals surface area contributed by atoms with Gasteiger partial charge in [-0.25, -0.2) is 0 Å². The van der Waals surface area contributed by atoms with Crippen LogP contribution in [-0.2, 0) is 6.18 Å². The fourth-order valence-corrected chi connectivity index (χ4v) is 2.37. The largest absolute Gasteiger partial charge is 0.416 e. The number of hydrogen-bond donors (Lipinski definition) is 0. The fraction of sp³-hybridized carbons (Fsp3) is 0.0526. The van der Waals surface area contributed by atoms with Gasteiger partial charge in [-0.3, -0.25) is 0 Å². The predicted molar refractivity (Wildman–Crippen MR) is 84.3 cm³/mol. The second-order valence-corrected chi connectivity index (χ2v) is 5.02. The Balaban J connectivity index is 1.90. The fourth-order valence-electron chi connectivity index (χ4n) is 2.37. The molecule has 0 fully saturated rings. The summed E-state index contributed by atoms with van der Waals surface area (Å²) in [4.78, 5) is 0. The molecule has 0 aliphatic heterocycles. The highest BCUT2D eigenvalue weighted by atomic mass is 19.4. The lowest BCUT2D eigenvalue weighted by molar-refractivity contribution is -0.137. The van der Waals surface area contributed by atoms with E-state index in [4.69, 9.17) is 0 Å². The molecular weight excluding hydrogens is 285 g/mol.